The number of rotatable bonds is 5. The van der Waals surface area contributed by atoms with E-state index in [0.717, 1.165) is 31.4 Å². The summed E-state index contributed by atoms with van der Waals surface area (Å²) in [5.74, 6) is 0.724. The molecule has 7 heteroatoms. The normalized spacial score (nSPS) is 26.2. The minimum Gasteiger partial charge on any atom is -0.358 e. The van der Waals surface area contributed by atoms with Gasteiger partial charge in [-0.3, -0.25) is 10.1 Å². The van der Waals surface area contributed by atoms with Crippen LogP contribution in [-0.2, 0) is 0 Å². The Labute approximate surface area is 171 Å². The van der Waals surface area contributed by atoms with Gasteiger partial charge < -0.3 is 10.2 Å². The van der Waals surface area contributed by atoms with Crippen molar-refractivity contribution < 1.29 is 4.92 Å². The molecule has 0 amide bonds. The largest absolute Gasteiger partial charge is 0.358 e. The zero-order valence-corrected chi connectivity index (χ0v) is 17.6. The molecular weight excluding hydrogens is 366 g/mol. The Hall–Kier alpha value is -2.70. The molecule has 1 aliphatic carbocycles. The van der Waals surface area contributed by atoms with Gasteiger partial charge in [-0.15, -0.1) is 0 Å². The first-order valence-corrected chi connectivity index (χ1v) is 10.3. The molecule has 2 heterocycles. The number of nitrogens with zero attached hydrogens (tertiary/aromatic N) is 4. The van der Waals surface area contributed by atoms with Crippen LogP contribution in [0.3, 0.4) is 0 Å². The molecule has 2 fully saturated rings. The number of benzene rings is 1. The molecule has 2 bridgehead atoms. The molecule has 1 N–H and O–H groups in total. The molecule has 1 aromatic heterocycles. The molecule has 29 heavy (non-hydrogen) atoms. The summed E-state index contributed by atoms with van der Waals surface area (Å²) in [4.78, 5) is 22.5. The molecule has 7 nitrogen and oxygen atoms in total. The highest BCUT2D eigenvalue weighted by atomic mass is 16.6. The van der Waals surface area contributed by atoms with Crippen molar-refractivity contribution in [3.63, 3.8) is 0 Å². The Balaban J connectivity index is 1.69. The van der Waals surface area contributed by atoms with E-state index < -0.39 is 0 Å². The highest BCUT2D eigenvalue weighted by molar-refractivity contribution is 5.71. The van der Waals surface area contributed by atoms with Crippen LogP contribution in [0.4, 0.5) is 17.3 Å². The molecule has 3 atom stereocenters. The van der Waals surface area contributed by atoms with E-state index in [0.29, 0.717) is 5.82 Å². The third kappa shape index (κ3) is 3.78. The van der Waals surface area contributed by atoms with Crippen molar-refractivity contribution in [2.45, 2.75) is 59.0 Å². The van der Waals surface area contributed by atoms with Crippen LogP contribution in [0.15, 0.2) is 36.7 Å². The summed E-state index contributed by atoms with van der Waals surface area (Å²) in [6.07, 6.45) is 4.65. The molecule has 2 aromatic rings. The van der Waals surface area contributed by atoms with Crippen molar-refractivity contribution in [2.75, 3.05) is 16.8 Å². The number of hydrogen-bond donors (Lipinski definition) is 1. The van der Waals surface area contributed by atoms with Crippen LogP contribution in [0.25, 0.3) is 0 Å². The van der Waals surface area contributed by atoms with Crippen LogP contribution in [0.2, 0.25) is 0 Å². The molecule has 2 aliphatic rings. The Kier molecular flexibility index (Phi) is 4.71. The van der Waals surface area contributed by atoms with Crippen LogP contribution >= 0.6 is 0 Å². The molecule has 4 rings (SSSR count). The van der Waals surface area contributed by atoms with Crippen LogP contribution in [0.1, 0.15) is 58.6 Å². The summed E-state index contributed by atoms with van der Waals surface area (Å²) < 4.78 is 0. The molecule has 1 aliphatic heterocycles. The first kappa shape index (κ1) is 19.6. The number of nitrogens with one attached hydrogen (secondary N) is 1. The molecule has 1 saturated carbocycles. The van der Waals surface area contributed by atoms with Gasteiger partial charge in [-0.25, -0.2) is 9.97 Å². The Morgan fingerprint density at radius 1 is 1.21 bits per heavy atom. The van der Waals surface area contributed by atoms with Gasteiger partial charge in [-0.05, 0) is 42.6 Å². The second-order valence-corrected chi connectivity index (χ2v) is 9.77. The topological polar surface area (TPSA) is 84.2 Å². The van der Waals surface area contributed by atoms with Crippen molar-refractivity contribution in [1.29, 1.82) is 0 Å². The summed E-state index contributed by atoms with van der Waals surface area (Å²) >= 11 is 0. The van der Waals surface area contributed by atoms with Crippen molar-refractivity contribution in [2.24, 2.45) is 10.8 Å². The lowest BCUT2D eigenvalue weighted by molar-refractivity contribution is -0.383. The smallest absolute Gasteiger partial charge is 0.353 e. The Morgan fingerprint density at radius 3 is 2.62 bits per heavy atom. The fraction of sp³-hybridized carbons (Fsp3) is 0.545. The summed E-state index contributed by atoms with van der Waals surface area (Å²) in [5, 5.41) is 15.3. The van der Waals surface area contributed by atoms with E-state index in [9.17, 15) is 10.1 Å². The van der Waals surface area contributed by atoms with Crippen molar-refractivity contribution in [3.8, 4) is 0 Å². The van der Waals surface area contributed by atoms with Crippen LogP contribution in [0, 0.1) is 20.9 Å². The van der Waals surface area contributed by atoms with Gasteiger partial charge in [0.25, 0.3) is 0 Å². The highest BCUT2D eigenvalue weighted by Gasteiger charge is 2.51. The lowest BCUT2D eigenvalue weighted by atomic mass is 9.65. The number of nitro groups is 1. The first-order chi connectivity index (χ1) is 13.7. The zero-order chi connectivity index (χ0) is 20.8. The lowest BCUT2D eigenvalue weighted by Gasteiger charge is -2.39. The second kappa shape index (κ2) is 6.97. The maximum atomic E-state index is 12.1. The van der Waals surface area contributed by atoms with Crippen LogP contribution in [-0.4, -0.2) is 27.5 Å². The summed E-state index contributed by atoms with van der Waals surface area (Å²) in [6.45, 7) is 9.66. The van der Waals surface area contributed by atoms with Gasteiger partial charge in [-0.2, -0.15) is 0 Å². The molecule has 0 spiro atoms. The van der Waals surface area contributed by atoms with Crippen molar-refractivity contribution in [1.82, 2.24) is 9.97 Å². The van der Waals surface area contributed by atoms with E-state index in [1.54, 1.807) is 0 Å². The number of anilines is 2. The van der Waals surface area contributed by atoms with Crippen molar-refractivity contribution >= 4 is 17.3 Å². The quantitative estimate of drug-likeness (QED) is 0.569. The molecule has 1 saturated heterocycles. The van der Waals surface area contributed by atoms with E-state index in [1.165, 1.54) is 6.33 Å². The van der Waals surface area contributed by atoms with Gasteiger partial charge in [0.1, 0.15) is 6.33 Å². The molecule has 3 unspecified atom stereocenters. The second-order valence-electron chi connectivity index (χ2n) is 9.77. The molecule has 1 aromatic carbocycles. The fourth-order valence-electron chi connectivity index (χ4n) is 5.59. The van der Waals surface area contributed by atoms with Gasteiger partial charge in [0, 0.05) is 12.6 Å². The lowest BCUT2D eigenvalue weighted by Crippen LogP contribution is -2.35. The summed E-state index contributed by atoms with van der Waals surface area (Å²) in [5.41, 5.74) is 1.42. The minimum atomic E-state index is -0.342. The van der Waals surface area contributed by atoms with Gasteiger partial charge in [-0.1, -0.05) is 51.1 Å². The maximum absolute atomic E-state index is 12.1. The third-order valence-corrected chi connectivity index (χ3v) is 6.33. The summed E-state index contributed by atoms with van der Waals surface area (Å²) in [7, 11) is 0. The molecule has 0 radical (unpaired) electrons. The average molecular weight is 396 g/mol. The fourth-order valence-corrected chi connectivity index (χ4v) is 5.59. The standard InChI is InChI=1S/C22H29N5O2/c1-15(16-8-6-5-7-9-16)25-19-18(27(28)29)20(24-14-23-19)26-13-22(4)11-17(26)10-21(2,3)12-22/h5-9,14-15,17H,10-13H2,1-4H3,(H,23,24,25). The predicted octanol–water partition coefficient (Wildman–Crippen LogP) is 4.96. The van der Waals surface area contributed by atoms with Gasteiger partial charge in [0.05, 0.1) is 11.0 Å². The monoisotopic (exact) mass is 395 g/mol. The van der Waals surface area contributed by atoms with E-state index in [4.69, 9.17) is 0 Å². The van der Waals surface area contributed by atoms with Crippen molar-refractivity contribution in [3.05, 3.63) is 52.3 Å². The predicted molar refractivity (Wildman–Crippen MR) is 114 cm³/mol. The van der Waals surface area contributed by atoms with Crippen LogP contribution in [0.5, 0.6) is 0 Å². The van der Waals surface area contributed by atoms with Gasteiger partial charge >= 0.3 is 5.69 Å². The van der Waals surface area contributed by atoms with E-state index in [-0.39, 0.29) is 39.3 Å². The number of hydrogen-bond acceptors (Lipinski definition) is 6. The Bertz CT molecular complexity index is 917. The van der Waals surface area contributed by atoms with E-state index >= 15 is 0 Å². The number of aromatic nitrogens is 2. The molecule has 154 valence electrons. The Morgan fingerprint density at radius 2 is 1.93 bits per heavy atom. The maximum Gasteiger partial charge on any atom is 0.353 e. The zero-order valence-electron chi connectivity index (χ0n) is 17.6. The first-order valence-electron chi connectivity index (χ1n) is 10.3. The van der Waals surface area contributed by atoms with Crippen LogP contribution < -0.4 is 10.2 Å². The third-order valence-electron chi connectivity index (χ3n) is 6.33. The SMILES string of the molecule is CC(Nc1ncnc(N2CC3(C)CC2CC(C)(C)C3)c1[N+](=O)[O-])c1ccccc1. The molecular formula is C22H29N5O2. The minimum absolute atomic E-state index is 0.0239. The van der Waals surface area contributed by atoms with Gasteiger partial charge in [0.2, 0.25) is 11.6 Å². The summed E-state index contributed by atoms with van der Waals surface area (Å²) in [6, 6.07) is 10.0. The highest BCUT2D eigenvalue weighted by Crippen LogP contribution is 2.54. The van der Waals surface area contributed by atoms with Gasteiger partial charge in [0.15, 0.2) is 0 Å². The average Bonchev–Trinajstić information content (AvgIpc) is 2.90. The number of fused-ring (bicyclic) bond motifs is 2. The van der Waals surface area contributed by atoms with E-state index in [2.05, 4.69) is 41.0 Å². The van der Waals surface area contributed by atoms with E-state index in [1.807, 2.05) is 37.3 Å².